The van der Waals surface area contributed by atoms with Gasteiger partial charge < -0.3 is 10.1 Å². The summed E-state index contributed by atoms with van der Waals surface area (Å²) >= 11 is 3.65. The number of aryl methyl sites for hydroxylation is 1. The van der Waals surface area contributed by atoms with Gasteiger partial charge in [-0.3, -0.25) is 0 Å². The fraction of sp³-hybridized carbons (Fsp3) is 0.294. The Morgan fingerprint density at radius 3 is 2.95 bits per heavy atom. The van der Waals surface area contributed by atoms with Crippen LogP contribution in [0.4, 0.5) is 5.69 Å². The van der Waals surface area contributed by atoms with Gasteiger partial charge in [-0.1, -0.05) is 18.2 Å². The highest BCUT2D eigenvalue weighted by molar-refractivity contribution is 9.10. The average Bonchev–Trinajstić information content (AvgIpc) is 2.91. The molecule has 0 fully saturated rings. The highest BCUT2D eigenvalue weighted by Crippen LogP contribution is 2.32. The molecule has 0 aliphatic carbocycles. The van der Waals surface area contributed by atoms with Crippen molar-refractivity contribution in [3.8, 4) is 5.75 Å². The van der Waals surface area contributed by atoms with Crippen LogP contribution in [0.5, 0.6) is 5.75 Å². The first-order valence-electron chi connectivity index (χ1n) is 6.92. The third kappa shape index (κ3) is 2.55. The lowest BCUT2D eigenvalue weighted by atomic mass is 10.0. The van der Waals surface area contributed by atoms with E-state index in [1.54, 1.807) is 0 Å². The third-order valence-electron chi connectivity index (χ3n) is 3.78. The van der Waals surface area contributed by atoms with Gasteiger partial charge in [0.1, 0.15) is 5.75 Å². The van der Waals surface area contributed by atoms with Crippen molar-refractivity contribution < 1.29 is 4.74 Å². The molecule has 0 amide bonds. The number of nitrogens with one attached hydrogen (secondary N) is 1. The van der Waals surface area contributed by atoms with Gasteiger partial charge in [-0.25, -0.2) is 0 Å². The summed E-state index contributed by atoms with van der Waals surface area (Å²) in [4.78, 5) is 0. The fourth-order valence-electron chi connectivity index (χ4n) is 2.55. The van der Waals surface area contributed by atoms with Crippen LogP contribution in [0, 0.1) is 6.92 Å². The Balaban J connectivity index is 1.82. The van der Waals surface area contributed by atoms with E-state index in [0.29, 0.717) is 0 Å². The Kier molecular flexibility index (Phi) is 3.70. The molecule has 0 aromatic heterocycles. The number of hydrogen-bond donors (Lipinski definition) is 1. The molecule has 1 aliphatic rings. The summed E-state index contributed by atoms with van der Waals surface area (Å²) < 4.78 is 6.69. The Morgan fingerprint density at radius 1 is 1.25 bits per heavy atom. The summed E-state index contributed by atoms with van der Waals surface area (Å²) in [7, 11) is 0. The Morgan fingerprint density at radius 2 is 2.10 bits per heavy atom. The highest BCUT2D eigenvalue weighted by Gasteiger charge is 2.15. The van der Waals surface area contributed by atoms with Crippen molar-refractivity contribution in [2.75, 3.05) is 11.9 Å². The summed E-state index contributed by atoms with van der Waals surface area (Å²) in [5, 5.41) is 3.57. The molecule has 1 unspecified atom stereocenters. The summed E-state index contributed by atoms with van der Waals surface area (Å²) in [6, 6.07) is 13.0. The van der Waals surface area contributed by atoms with Crippen molar-refractivity contribution in [2.45, 2.75) is 26.3 Å². The number of benzene rings is 2. The molecule has 2 nitrogen and oxygen atoms in total. The first kappa shape index (κ1) is 13.5. The van der Waals surface area contributed by atoms with E-state index in [-0.39, 0.29) is 6.04 Å². The van der Waals surface area contributed by atoms with Crippen LogP contribution in [0.3, 0.4) is 0 Å². The van der Waals surface area contributed by atoms with E-state index in [0.717, 1.165) is 28.9 Å². The molecular formula is C17H18BrNO. The van der Waals surface area contributed by atoms with Crippen LogP contribution in [0.25, 0.3) is 0 Å². The number of rotatable bonds is 3. The zero-order chi connectivity index (χ0) is 14.1. The second kappa shape index (κ2) is 5.49. The second-order valence-electron chi connectivity index (χ2n) is 5.27. The summed E-state index contributed by atoms with van der Waals surface area (Å²) in [6.07, 6.45) is 1.02. The fourth-order valence-corrected chi connectivity index (χ4v) is 2.93. The van der Waals surface area contributed by atoms with Crippen molar-refractivity contribution in [3.63, 3.8) is 0 Å². The summed E-state index contributed by atoms with van der Waals surface area (Å²) in [5.41, 5.74) is 4.99. The topological polar surface area (TPSA) is 21.3 Å². The molecule has 0 saturated carbocycles. The number of ether oxygens (including phenoxy) is 1. The monoisotopic (exact) mass is 331 g/mol. The maximum atomic E-state index is 5.56. The van der Waals surface area contributed by atoms with Gasteiger partial charge in [-0.05, 0) is 64.7 Å². The third-order valence-corrected chi connectivity index (χ3v) is 4.83. The predicted molar refractivity (Wildman–Crippen MR) is 86.6 cm³/mol. The Hall–Kier alpha value is -1.48. The lowest BCUT2D eigenvalue weighted by Gasteiger charge is -2.18. The lowest BCUT2D eigenvalue weighted by molar-refractivity contribution is 0.357. The van der Waals surface area contributed by atoms with E-state index in [1.807, 2.05) is 0 Å². The predicted octanol–water partition coefficient (Wildman–Crippen LogP) is 4.87. The SMILES string of the molecule is Cc1cccc(NC(C)c2ccc3c(c2)CCO3)c1Br. The van der Waals surface area contributed by atoms with Crippen LogP contribution in [-0.4, -0.2) is 6.61 Å². The van der Waals surface area contributed by atoms with Crippen molar-refractivity contribution in [3.05, 3.63) is 57.6 Å². The van der Waals surface area contributed by atoms with Gasteiger partial charge in [0.15, 0.2) is 0 Å². The minimum absolute atomic E-state index is 0.263. The van der Waals surface area contributed by atoms with Crippen LogP contribution < -0.4 is 10.1 Å². The van der Waals surface area contributed by atoms with E-state index >= 15 is 0 Å². The zero-order valence-corrected chi connectivity index (χ0v) is 13.3. The maximum absolute atomic E-state index is 5.56. The van der Waals surface area contributed by atoms with Crippen molar-refractivity contribution in [1.29, 1.82) is 0 Å². The van der Waals surface area contributed by atoms with Gasteiger partial charge in [0.25, 0.3) is 0 Å². The highest BCUT2D eigenvalue weighted by atomic mass is 79.9. The van der Waals surface area contributed by atoms with Crippen LogP contribution in [0.2, 0.25) is 0 Å². The lowest BCUT2D eigenvalue weighted by Crippen LogP contribution is -2.07. The van der Waals surface area contributed by atoms with Crippen molar-refractivity contribution >= 4 is 21.6 Å². The molecule has 1 heterocycles. The molecule has 0 saturated heterocycles. The maximum Gasteiger partial charge on any atom is 0.122 e. The van der Waals surface area contributed by atoms with Crippen LogP contribution in [0.15, 0.2) is 40.9 Å². The molecule has 20 heavy (non-hydrogen) atoms. The van der Waals surface area contributed by atoms with Gasteiger partial charge in [0.2, 0.25) is 0 Å². The largest absolute Gasteiger partial charge is 0.493 e. The average molecular weight is 332 g/mol. The van der Waals surface area contributed by atoms with E-state index in [1.165, 1.54) is 16.7 Å². The van der Waals surface area contributed by atoms with E-state index in [9.17, 15) is 0 Å². The van der Waals surface area contributed by atoms with Crippen LogP contribution in [0.1, 0.15) is 29.7 Å². The minimum Gasteiger partial charge on any atom is -0.493 e. The zero-order valence-electron chi connectivity index (χ0n) is 11.7. The van der Waals surface area contributed by atoms with Gasteiger partial charge in [0, 0.05) is 22.6 Å². The quantitative estimate of drug-likeness (QED) is 0.866. The number of anilines is 1. The molecular weight excluding hydrogens is 314 g/mol. The number of hydrogen-bond acceptors (Lipinski definition) is 2. The molecule has 1 atom stereocenters. The van der Waals surface area contributed by atoms with Gasteiger partial charge >= 0.3 is 0 Å². The molecule has 1 aliphatic heterocycles. The summed E-state index contributed by atoms with van der Waals surface area (Å²) in [6.45, 7) is 5.10. The normalized spacial score (nSPS) is 14.6. The van der Waals surface area contributed by atoms with E-state index in [2.05, 4.69) is 71.5 Å². The molecule has 0 spiro atoms. The Bertz CT molecular complexity index is 639. The molecule has 0 radical (unpaired) electrons. The first-order chi connectivity index (χ1) is 9.65. The molecule has 2 aromatic carbocycles. The second-order valence-corrected chi connectivity index (χ2v) is 6.06. The van der Waals surface area contributed by atoms with E-state index < -0.39 is 0 Å². The van der Waals surface area contributed by atoms with E-state index in [4.69, 9.17) is 4.74 Å². The Labute approximate surface area is 128 Å². The molecule has 104 valence electrons. The number of halogens is 1. The minimum atomic E-state index is 0.263. The van der Waals surface area contributed by atoms with Gasteiger partial charge in [0.05, 0.1) is 6.61 Å². The number of fused-ring (bicyclic) bond motifs is 1. The van der Waals surface area contributed by atoms with Crippen LogP contribution in [-0.2, 0) is 6.42 Å². The van der Waals surface area contributed by atoms with Crippen molar-refractivity contribution in [2.24, 2.45) is 0 Å². The molecule has 1 N–H and O–H groups in total. The smallest absolute Gasteiger partial charge is 0.122 e. The molecule has 3 heteroatoms. The van der Waals surface area contributed by atoms with Crippen molar-refractivity contribution in [1.82, 2.24) is 0 Å². The molecule has 2 aromatic rings. The van der Waals surface area contributed by atoms with Crippen LogP contribution >= 0.6 is 15.9 Å². The first-order valence-corrected chi connectivity index (χ1v) is 7.72. The summed E-state index contributed by atoms with van der Waals surface area (Å²) in [5.74, 6) is 1.04. The standard InChI is InChI=1S/C17H18BrNO/c1-11-4-3-5-15(17(11)18)19-12(2)13-6-7-16-14(10-13)8-9-20-16/h3-7,10,12,19H,8-9H2,1-2H3. The molecule has 0 bridgehead atoms. The molecule has 3 rings (SSSR count). The van der Waals surface area contributed by atoms with Gasteiger partial charge in [-0.2, -0.15) is 0 Å². The van der Waals surface area contributed by atoms with Gasteiger partial charge in [-0.15, -0.1) is 0 Å².